The van der Waals surface area contributed by atoms with E-state index in [9.17, 15) is 4.79 Å². The molecule has 118 valence electrons. The molecule has 0 aromatic heterocycles. The van der Waals surface area contributed by atoms with Gasteiger partial charge in [-0.2, -0.15) is 0 Å². The zero-order chi connectivity index (χ0) is 16.3. The summed E-state index contributed by atoms with van der Waals surface area (Å²) in [6, 6.07) is 8.09. The highest BCUT2D eigenvalue weighted by atomic mass is 16.5. The van der Waals surface area contributed by atoms with Gasteiger partial charge in [0.25, 0.3) is 0 Å². The number of rotatable bonds is 7. The monoisotopic (exact) mass is 292 g/mol. The van der Waals surface area contributed by atoms with Gasteiger partial charge in [0.05, 0.1) is 11.6 Å². The number of hydrogen-bond acceptors (Lipinski definition) is 3. The van der Waals surface area contributed by atoms with Crippen LogP contribution in [-0.2, 0) is 10.2 Å². The number of carbonyl (C=O) groups is 1. The Hall–Kier alpha value is -1.55. The van der Waals surface area contributed by atoms with Crippen LogP contribution in [0.4, 0.5) is 0 Å². The predicted octanol–water partition coefficient (Wildman–Crippen LogP) is 2.73. The van der Waals surface area contributed by atoms with Crippen LogP contribution in [0.15, 0.2) is 24.3 Å². The fourth-order valence-electron chi connectivity index (χ4n) is 2.16. The number of benzene rings is 1. The molecule has 0 saturated carbocycles. The Morgan fingerprint density at radius 2 is 1.76 bits per heavy atom. The molecule has 21 heavy (non-hydrogen) atoms. The summed E-state index contributed by atoms with van der Waals surface area (Å²) < 4.78 is 5.81. The molecule has 1 aromatic carbocycles. The van der Waals surface area contributed by atoms with E-state index in [0.29, 0.717) is 6.42 Å². The van der Waals surface area contributed by atoms with Gasteiger partial charge in [-0.25, -0.2) is 0 Å². The first-order chi connectivity index (χ1) is 9.58. The van der Waals surface area contributed by atoms with Gasteiger partial charge in [0.1, 0.15) is 5.75 Å². The lowest BCUT2D eigenvalue weighted by atomic mass is 9.82. The minimum atomic E-state index is -1.05. The van der Waals surface area contributed by atoms with E-state index in [2.05, 4.69) is 32.9 Å². The summed E-state index contributed by atoms with van der Waals surface area (Å²) in [6.07, 6.45) is 1.27. The van der Waals surface area contributed by atoms with Crippen molar-refractivity contribution in [2.24, 2.45) is 11.5 Å². The van der Waals surface area contributed by atoms with Gasteiger partial charge >= 0.3 is 0 Å². The first-order valence-corrected chi connectivity index (χ1v) is 7.44. The van der Waals surface area contributed by atoms with Gasteiger partial charge < -0.3 is 16.2 Å². The topological polar surface area (TPSA) is 78.3 Å². The maximum atomic E-state index is 11.2. The van der Waals surface area contributed by atoms with Crippen molar-refractivity contribution in [3.8, 4) is 5.75 Å². The lowest BCUT2D eigenvalue weighted by molar-refractivity contribution is -0.123. The van der Waals surface area contributed by atoms with E-state index in [1.54, 1.807) is 6.92 Å². The molecule has 0 heterocycles. The summed E-state index contributed by atoms with van der Waals surface area (Å²) in [5.41, 5.74) is 11.5. The van der Waals surface area contributed by atoms with Gasteiger partial charge in [-0.05, 0) is 43.4 Å². The van der Waals surface area contributed by atoms with Crippen molar-refractivity contribution in [1.82, 2.24) is 0 Å². The summed E-state index contributed by atoms with van der Waals surface area (Å²) in [5.74, 6) is 0.261. The van der Waals surface area contributed by atoms with Crippen molar-refractivity contribution in [2.75, 3.05) is 0 Å². The van der Waals surface area contributed by atoms with Crippen molar-refractivity contribution >= 4 is 5.91 Å². The molecule has 1 amide bonds. The van der Waals surface area contributed by atoms with Crippen LogP contribution in [0.3, 0.4) is 0 Å². The number of ether oxygens (including phenoxy) is 1. The van der Waals surface area contributed by atoms with Crippen molar-refractivity contribution in [3.05, 3.63) is 29.8 Å². The molecule has 0 aliphatic carbocycles. The van der Waals surface area contributed by atoms with E-state index in [1.807, 2.05) is 19.1 Å². The highest BCUT2D eigenvalue weighted by molar-refractivity contribution is 5.83. The molecule has 1 aromatic rings. The summed E-state index contributed by atoms with van der Waals surface area (Å²) >= 11 is 0. The van der Waals surface area contributed by atoms with Crippen LogP contribution >= 0.6 is 0 Å². The maximum Gasteiger partial charge on any atom is 0.237 e. The Morgan fingerprint density at radius 1 is 1.24 bits per heavy atom. The smallest absolute Gasteiger partial charge is 0.237 e. The molecule has 2 unspecified atom stereocenters. The summed E-state index contributed by atoms with van der Waals surface area (Å²) in [5, 5.41) is 0. The Bertz CT molecular complexity index is 478. The Morgan fingerprint density at radius 3 is 2.19 bits per heavy atom. The summed E-state index contributed by atoms with van der Waals surface area (Å²) in [7, 11) is 0. The second-order valence-electron chi connectivity index (χ2n) is 6.68. The molecule has 0 bridgehead atoms. The van der Waals surface area contributed by atoms with Gasteiger partial charge in [-0.1, -0.05) is 32.9 Å². The third kappa shape index (κ3) is 4.74. The first-order valence-electron chi connectivity index (χ1n) is 7.44. The number of nitrogens with two attached hydrogens (primary N) is 2. The third-order valence-electron chi connectivity index (χ3n) is 4.13. The average Bonchev–Trinajstić information content (AvgIpc) is 2.38. The lowest BCUT2D eigenvalue weighted by Crippen LogP contribution is -2.51. The predicted molar refractivity (Wildman–Crippen MR) is 86.3 cm³/mol. The number of hydrogen-bond donors (Lipinski definition) is 2. The van der Waals surface area contributed by atoms with E-state index in [4.69, 9.17) is 16.2 Å². The molecule has 4 nitrogen and oxygen atoms in total. The Balaban J connectivity index is 2.70. The number of carbonyl (C=O) groups excluding carboxylic acids is 1. The van der Waals surface area contributed by atoms with E-state index < -0.39 is 11.4 Å². The Labute approximate surface area is 127 Å². The standard InChI is InChI=1S/C17H28N2O2/c1-6-16(3,4)13-7-9-14(10-8-13)21-12(2)11-17(5,19)15(18)20/h7-10,12H,6,11,19H2,1-5H3,(H2,18,20). The van der Waals surface area contributed by atoms with Crippen molar-refractivity contribution in [3.63, 3.8) is 0 Å². The number of amides is 1. The van der Waals surface area contributed by atoms with Gasteiger partial charge in [0, 0.05) is 6.42 Å². The molecule has 0 aliphatic rings. The fraction of sp³-hybridized carbons (Fsp3) is 0.588. The molecule has 0 saturated heterocycles. The van der Waals surface area contributed by atoms with Crippen molar-refractivity contribution in [1.29, 1.82) is 0 Å². The van der Waals surface area contributed by atoms with Crippen LogP contribution in [0.5, 0.6) is 5.75 Å². The van der Waals surface area contributed by atoms with Crippen LogP contribution < -0.4 is 16.2 Å². The van der Waals surface area contributed by atoms with Gasteiger partial charge in [-0.15, -0.1) is 0 Å². The van der Waals surface area contributed by atoms with Crippen LogP contribution in [0, 0.1) is 0 Å². The molecule has 0 fully saturated rings. The molecule has 4 N–H and O–H groups in total. The van der Waals surface area contributed by atoms with E-state index >= 15 is 0 Å². The Kier molecular flexibility index (Phi) is 5.40. The highest BCUT2D eigenvalue weighted by Crippen LogP contribution is 2.28. The van der Waals surface area contributed by atoms with E-state index in [0.717, 1.165) is 12.2 Å². The fourth-order valence-corrected chi connectivity index (χ4v) is 2.16. The van der Waals surface area contributed by atoms with Gasteiger partial charge in [0.15, 0.2) is 0 Å². The second-order valence-corrected chi connectivity index (χ2v) is 6.68. The van der Waals surface area contributed by atoms with Gasteiger partial charge in [0.2, 0.25) is 5.91 Å². The molecule has 4 heteroatoms. The normalized spacial score (nSPS) is 16.1. The minimum Gasteiger partial charge on any atom is -0.491 e. The van der Waals surface area contributed by atoms with Crippen molar-refractivity contribution in [2.45, 2.75) is 64.5 Å². The maximum absolute atomic E-state index is 11.2. The van der Waals surface area contributed by atoms with E-state index in [1.165, 1.54) is 5.56 Å². The summed E-state index contributed by atoms with van der Waals surface area (Å²) in [6.45, 7) is 10.1. The quantitative estimate of drug-likeness (QED) is 0.811. The summed E-state index contributed by atoms with van der Waals surface area (Å²) in [4.78, 5) is 11.2. The SMILES string of the molecule is CCC(C)(C)c1ccc(OC(C)CC(C)(N)C(N)=O)cc1. The first kappa shape index (κ1) is 17.5. The van der Waals surface area contributed by atoms with Gasteiger partial charge in [-0.3, -0.25) is 4.79 Å². The van der Waals surface area contributed by atoms with Crippen LogP contribution in [0.1, 0.15) is 53.0 Å². The zero-order valence-electron chi connectivity index (χ0n) is 13.8. The molecular formula is C17H28N2O2. The van der Waals surface area contributed by atoms with Crippen LogP contribution in [0.25, 0.3) is 0 Å². The van der Waals surface area contributed by atoms with Crippen LogP contribution in [0.2, 0.25) is 0 Å². The third-order valence-corrected chi connectivity index (χ3v) is 4.13. The van der Waals surface area contributed by atoms with Crippen molar-refractivity contribution < 1.29 is 9.53 Å². The molecule has 2 atom stereocenters. The zero-order valence-corrected chi connectivity index (χ0v) is 13.8. The molecule has 0 aliphatic heterocycles. The molecule has 1 rings (SSSR count). The lowest BCUT2D eigenvalue weighted by Gasteiger charge is -2.26. The highest BCUT2D eigenvalue weighted by Gasteiger charge is 2.28. The average molecular weight is 292 g/mol. The number of primary amides is 1. The molecule has 0 spiro atoms. The minimum absolute atomic E-state index is 0.159. The largest absolute Gasteiger partial charge is 0.491 e. The van der Waals surface area contributed by atoms with Crippen LogP contribution in [-0.4, -0.2) is 17.6 Å². The second kappa shape index (κ2) is 6.48. The molecular weight excluding hydrogens is 264 g/mol. The van der Waals surface area contributed by atoms with E-state index in [-0.39, 0.29) is 11.5 Å². The molecule has 0 radical (unpaired) electrons.